The molecule has 0 saturated heterocycles. The Balaban J connectivity index is 2.37. The first kappa shape index (κ1) is 14.5. The number of hydrogen-bond acceptors (Lipinski definition) is 3. The summed E-state index contributed by atoms with van der Waals surface area (Å²) < 4.78 is 7.18. The lowest BCUT2D eigenvalue weighted by Crippen LogP contribution is -2.29. The van der Waals surface area contributed by atoms with Crippen LogP contribution in [0.1, 0.15) is 17.2 Å². The average Bonchev–Trinajstić information content (AvgIpc) is 2.42. The number of nitrogens with two attached hydrogens (primary N) is 1. The maximum Gasteiger partial charge on any atom is 0.118 e. The van der Waals surface area contributed by atoms with Crippen LogP contribution in [0.5, 0.6) is 5.75 Å². The molecule has 3 nitrogen and oxygen atoms in total. The Bertz CT molecular complexity index is 558. The van der Waals surface area contributed by atoms with Crippen LogP contribution in [0.25, 0.3) is 0 Å². The van der Waals surface area contributed by atoms with E-state index in [0.717, 1.165) is 25.8 Å². The summed E-state index contributed by atoms with van der Waals surface area (Å²) in [5.41, 5.74) is 5.00. The van der Waals surface area contributed by atoms with E-state index >= 15 is 0 Å². The van der Waals surface area contributed by atoms with Crippen molar-refractivity contribution in [1.82, 2.24) is 5.43 Å². The number of halogens is 2. The zero-order valence-electron chi connectivity index (χ0n) is 10.4. The zero-order valence-corrected chi connectivity index (χ0v) is 13.5. The highest BCUT2D eigenvalue weighted by Crippen LogP contribution is 2.31. The van der Waals surface area contributed by atoms with Crippen LogP contribution >= 0.6 is 31.9 Å². The van der Waals surface area contributed by atoms with Gasteiger partial charge in [0.2, 0.25) is 0 Å². The molecule has 1 atom stereocenters. The van der Waals surface area contributed by atoms with Gasteiger partial charge in [-0.3, -0.25) is 5.84 Å². The molecule has 0 saturated carbocycles. The SMILES string of the molecule is COc1ccc(C(NN)c2ccc(Br)cc2Br)cc1. The van der Waals surface area contributed by atoms with Gasteiger partial charge < -0.3 is 4.74 Å². The molecular formula is C14H14Br2N2O. The van der Waals surface area contributed by atoms with Crippen LogP contribution in [0.4, 0.5) is 0 Å². The van der Waals surface area contributed by atoms with Crippen molar-refractivity contribution in [2.45, 2.75) is 6.04 Å². The fraction of sp³-hybridized carbons (Fsp3) is 0.143. The largest absolute Gasteiger partial charge is 0.497 e. The second kappa shape index (κ2) is 6.52. The zero-order chi connectivity index (χ0) is 13.8. The van der Waals surface area contributed by atoms with Gasteiger partial charge in [0.15, 0.2) is 0 Å². The minimum atomic E-state index is -0.0756. The number of ether oxygens (including phenoxy) is 1. The number of rotatable bonds is 4. The molecule has 0 spiro atoms. The highest BCUT2D eigenvalue weighted by atomic mass is 79.9. The molecule has 0 radical (unpaired) electrons. The quantitative estimate of drug-likeness (QED) is 0.622. The second-order valence-electron chi connectivity index (χ2n) is 4.04. The van der Waals surface area contributed by atoms with Crippen LogP contribution in [0.2, 0.25) is 0 Å². The van der Waals surface area contributed by atoms with Crippen molar-refractivity contribution in [3.8, 4) is 5.75 Å². The number of nitrogens with one attached hydrogen (secondary N) is 1. The van der Waals surface area contributed by atoms with Gasteiger partial charge >= 0.3 is 0 Å². The second-order valence-corrected chi connectivity index (χ2v) is 5.81. The predicted molar refractivity (Wildman–Crippen MR) is 84.0 cm³/mol. The minimum Gasteiger partial charge on any atom is -0.497 e. The Labute approximate surface area is 129 Å². The van der Waals surface area contributed by atoms with E-state index in [2.05, 4.69) is 37.3 Å². The summed E-state index contributed by atoms with van der Waals surface area (Å²) in [5, 5.41) is 0. The first-order valence-corrected chi connectivity index (χ1v) is 7.29. The van der Waals surface area contributed by atoms with Gasteiger partial charge in [0.25, 0.3) is 0 Å². The van der Waals surface area contributed by atoms with Gasteiger partial charge in [-0.05, 0) is 35.4 Å². The van der Waals surface area contributed by atoms with Crippen molar-refractivity contribution in [2.24, 2.45) is 5.84 Å². The van der Waals surface area contributed by atoms with Gasteiger partial charge in [-0.15, -0.1) is 0 Å². The van der Waals surface area contributed by atoms with Crippen molar-refractivity contribution >= 4 is 31.9 Å². The van der Waals surface area contributed by atoms with Crippen LogP contribution < -0.4 is 16.0 Å². The molecule has 0 aromatic heterocycles. The summed E-state index contributed by atoms with van der Waals surface area (Å²) in [6.45, 7) is 0. The molecule has 0 aliphatic carbocycles. The molecular weight excluding hydrogens is 372 g/mol. The van der Waals surface area contributed by atoms with Gasteiger partial charge in [-0.1, -0.05) is 50.1 Å². The predicted octanol–water partition coefficient (Wildman–Crippen LogP) is 3.77. The Kier molecular flexibility index (Phi) is 4.99. The number of benzene rings is 2. The van der Waals surface area contributed by atoms with E-state index < -0.39 is 0 Å². The molecule has 0 heterocycles. The molecule has 2 rings (SSSR count). The van der Waals surface area contributed by atoms with E-state index in [-0.39, 0.29) is 6.04 Å². The molecule has 0 bridgehead atoms. The third-order valence-corrected chi connectivity index (χ3v) is 4.07. The third-order valence-electron chi connectivity index (χ3n) is 2.89. The smallest absolute Gasteiger partial charge is 0.118 e. The highest BCUT2D eigenvalue weighted by molar-refractivity contribution is 9.11. The Hall–Kier alpha value is -0.880. The molecule has 19 heavy (non-hydrogen) atoms. The molecule has 2 aromatic carbocycles. The van der Waals surface area contributed by atoms with Gasteiger partial charge in [-0.2, -0.15) is 0 Å². The highest BCUT2D eigenvalue weighted by Gasteiger charge is 2.15. The molecule has 5 heteroatoms. The Morgan fingerprint density at radius 2 is 1.79 bits per heavy atom. The maximum absolute atomic E-state index is 5.70. The molecule has 100 valence electrons. The number of methoxy groups -OCH3 is 1. The van der Waals surface area contributed by atoms with Crippen molar-refractivity contribution in [3.05, 3.63) is 62.5 Å². The minimum absolute atomic E-state index is 0.0756. The average molecular weight is 386 g/mol. The van der Waals surface area contributed by atoms with Crippen LogP contribution in [-0.4, -0.2) is 7.11 Å². The van der Waals surface area contributed by atoms with Crippen LogP contribution in [0, 0.1) is 0 Å². The summed E-state index contributed by atoms with van der Waals surface area (Å²) in [7, 11) is 1.65. The van der Waals surface area contributed by atoms with E-state index in [0.29, 0.717) is 0 Å². The summed E-state index contributed by atoms with van der Waals surface area (Å²) in [6.07, 6.45) is 0. The molecule has 0 amide bonds. The Morgan fingerprint density at radius 3 is 2.32 bits per heavy atom. The van der Waals surface area contributed by atoms with Crippen molar-refractivity contribution in [3.63, 3.8) is 0 Å². The molecule has 0 aliphatic heterocycles. The van der Waals surface area contributed by atoms with Crippen LogP contribution in [0.3, 0.4) is 0 Å². The third kappa shape index (κ3) is 3.36. The fourth-order valence-electron chi connectivity index (χ4n) is 1.90. The van der Waals surface area contributed by atoms with Crippen LogP contribution in [-0.2, 0) is 0 Å². The number of hydrogen-bond donors (Lipinski definition) is 2. The molecule has 1 unspecified atom stereocenters. The van der Waals surface area contributed by atoms with E-state index in [1.165, 1.54) is 0 Å². The first-order chi connectivity index (χ1) is 9.15. The van der Waals surface area contributed by atoms with Gasteiger partial charge in [0, 0.05) is 8.95 Å². The lowest BCUT2D eigenvalue weighted by Gasteiger charge is -2.19. The first-order valence-electron chi connectivity index (χ1n) is 5.70. The molecule has 3 N–H and O–H groups in total. The summed E-state index contributed by atoms with van der Waals surface area (Å²) in [5.74, 6) is 6.53. The van der Waals surface area contributed by atoms with E-state index in [4.69, 9.17) is 10.6 Å². The van der Waals surface area contributed by atoms with E-state index in [9.17, 15) is 0 Å². The molecule has 0 aliphatic rings. The monoisotopic (exact) mass is 384 g/mol. The Morgan fingerprint density at radius 1 is 1.11 bits per heavy atom. The summed E-state index contributed by atoms with van der Waals surface area (Å²) in [6, 6.07) is 13.8. The van der Waals surface area contributed by atoms with E-state index in [1.807, 2.05) is 42.5 Å². The molecule has 2 aromatic rings. The number of hydrazine groups is 1. The normalized spacial score (nSPS) is 12.2. The summed E-state index contributed by atoms with van der Waals surface area (Å²) >= 11 is 7.01. The van der Waals surface area contributed by atoms with Gasteiger partial charge in [0.05, 0.1) is 13.2 Å². The standard InChI is InChI=1S/C14H14Br2N2O/c1-19-11-5-2-9(3-6-11)14(18-17)12-7-4-10(15)8-13(12)16/h2-8,14,18H,17H2,1H3. The van der Waals surface area contributed by atoms with Crippen molar-refractivity contribution in [2.75, 3.05) is 7.11 Å². The van der Waals surface area contributed by atoms with Crippen molar-refractivity contribution in [1.29, 1.82) is 0 Å². The lowest BCUT2D eigenvalue weighted by atomic mass is 9.99. The van der Waals surface area contributed by atoms with Crippen LogP contribution in [0.15, 0.2) is 51.4 Å². The maximum atomic E-state index is 5.70. The topological polar surface area (TPSA) is 47.3 Å². The summed E-state index contributed by atoms with van der Waals surface area (Å²) in [4.78, 5) is 0. The van der Waals surface area contributed by atoms with Gasteiger partial charge in [0.1, 0.15) is 5.75 Å². The molecule has 0 fully saturated rings. The van der Waals surface area contributed by atoms with Crippen molar-refractivity contribution < 1.29 is 4.74 Å². The fourth-order valence-corrected chi connectivity index (χ4v) is 3.17. The van der Waals surface area contributed by atoms with E-state index in [1.54, 1.807) is 7.11 Å². The van der Waals surface area contributed by atoms with Gasteiger partial charge in [-0.25, -0.2) is 5.43 Å². The lowest BCUT2D eigenvalue weighted by molar-refractivity contribution is 0.414.